The fourth-order valence-electron chi connectivity index (χ4n) is 2.70. The van der Waals surface area contributed by atoms with Gasteiger partial charge in [0.25, 0.3) is 0 Å². The third-order valence-electron chi connectivity index (χ3n) is 3.69. The summed E-state index contributed by atoms with van der Waals surface area (Å²) in [7, 11) is 0. The number of hydrogen-bond donors (Lipinski definition) is 1. The average molecular weight is 326 g/mol. The van der Waals surface area contributed by atoms with Crippen LogP contribution >= 0.6 is 22.9 Å². The highest BCUT2D eigenvalue weighted by Gasteiger charge is 2.33. The first-order valence-corrected chi connectivity index (χ1v) is 7.79. The normalized spacial score (nSPS) is 18.5. The molecule has 1 unspecified atom stereocenters. The summed E-state index contributed by atoms with van der Waals surface area (Å²) in [6.07, 6.45) is 0.829. The van der Waals surface area contributed by atoms with Crippen molar-refractivity contribution in [2.45, 2.75) is 19.0 Å². The maximum atomic E-state index is 13.1. The zero-order chi connectivity index (χ0) is 15.0. The molecule has 3 nitrogen and oxygen atoms in total. The van der Waals surface area contributed by atoms with Crippen molar-refractivity contribution in [3.8, 4) is 0 Å². The van der Waals surface area contributed by atoms with Gasteiger partial charge < -0.3 is 5.11 Å². The third-order valence-corrected chi connectivity index (χ3v) is 5.04. The van der Waals surface area contributed by atoms with Crippen molar-refractivity contribution < 1.29 is 14.3 Å². The number of rotatable bonds is 3. The Morgan fingerprint density at radius 2 is 2.29 bits per heavy atom. The lowest BCUT2D eigenvalue weighted by atomic mass is 9.99. The van der Waals surface area contributed by atoms with E-state index < -0.39 is 17.8 Å². The van der Waals surface area contributed by atoms with Crippen LogP contribution in [0, 0.1) is 5.82 Å². The van der Waals surface area contributed by atoms with E-state index in [0.29, 0.717) is 18.1 Å². The number of nitrogens with zero attached hydrogens (tertiary/aromatic N) is 1. The van der Waals surface area contributed by atoms with Crippen LogP contribution in [0.5, 0.6) is 0 Å². The number of hydrogen-bond acceptors (Lipinski definition) is 3. The molecule has 1 aromatic carbocycles. The molecule has 2 heterocycles. The van der Waals surface area contributed by atoms with Gasteiger partial charge >= 0.3 is 5.97 Å². The van der Waals surface area contributed by atoms with Crippen molar-refractivity contribution in [2.75, 3.05) is 6.54 Å². The first kappa shape index (κ1) is 14.5. The van der Waals surface area contributed by atoms with Gasteiger partial charge in [0.2, 0.25) is 0 Å². The SMILES string of the molecule is O=C(O)C1c2ccsc2CCN1Cc1ccc(F)cc1Cl. The van der Waals surface area contributed by atoms with E-state index in [1.807, 2.05) is 16.3 Å². The van der Waals surface area contributed by atoms with Gasteiger partial charge in [-0.25, -0.2) is 4.39 Å². The van der Waals surface area contributed by atoms with Crippen molar-refractivity contribution >= 4 is 28.9 Å². The van der Waals surface area contributed by atoms with Crippen molar-refractivity contribution in [2.24, 2.45) is 0 Å². The fourth-order valence-corrected chi connectivity index (χ4v) is 3.83. The Hall–Kier alpha value is -1.43. The highest BCUT2D eigenvalue weighted by Crippen LogP contribution is 2.35. The Morgan fingerprint density at radius 1 is 1.48 bits per heavy atom. The molecule has 0 saturated heterocycles. The van der Waals surface area contributed by atoms with Crippen LogP contribution in [0.2, 0.25) is 5.02 Å². The number of thiophene rings is 1. The first-order chi connectivity index (χ1) is 10.1. The van der Waals surface area contributed by atoms with Crippen LogP contribution < -0.4 is 0 Å². The summed E-state index contributed by atoms with van der Waals surface area (Å²) in [6, 6.07) is 5.42. The Labute approximate surface area is 130 Å². The van der Waals surface area contributed by atoms with Gasteiger partial charge in [-0.1, -0.05) is 17.7 Å². The number of fused-ring (bicyclic) bond motifs is 1. The van der Waals surface area contributed by atoms with Gasteiger partial charge in [-0.05, 0) is 41.1 Å². The van der Waals surface area contributed by atoms with Crippen molar-refractivity contribution in [3.63, 3.8) is 0 Å². The molecule has 6 heteroatoms. The van der Waals surface area contributed by atoms with E-state index in [1.165, 1.54) is 12.1 Å². The van der Waals surface area contributed by atoms with Crippen LogP contribution in [-0.2, 0) is 17.8 Å². The predicted octanol–water partition coefficient (Wildman–Crippen LogP) is 3.72. The number of carbonyl (C=O) groups is 1. The molecule has 0 fully saturated rings. The summed E-state index contributed by atoms with van der Waals surface area (Å²) in [5.41, 5.74) is 1.60. The first-order valence-electron chi connectivity index (χ1n) is 6.53. The summed E-state index contributed by atoms with van der Waals surface area (Å²) < 4.78 is 13.1. The summed E-state index contributed by atoms with van der Waals surface area (Å²) in [5.74, 6) is -1.26. The predicted molar refractivity (Wildman–Crippen MR) is 80.2 cm³/mol. The number of carboxylic acids is 1. The second kappa shape index (κ2) is 5.75. The number of carboxylic acid groups (broad SMARTS) is 1. The molecule has 1 N–H and O–H groups in total. The van der Waals surface area contributed by atoms with E-state index in [9.17, 15) is 14.3 Å². The van der Waals surface area contributed by atoms with Gasteiger partial charge in [-0.15, -0.1) is 11.3 Å². The second-order valence-corrected chi connectivity index (χ2v) is 6.40. The lowest BCUT2D eigenvalue weighted by Crippen LogP contribution is -2.38. The molecule has 0 aliphatic carbocycles. The van der Waals surface area contributed by atoms with Crippen LogP contribution in [0.3, 0.4) is 0 Å². The maximum Gasteiger partial charge on any atom is 0.325 e. The zero-order valence-corrected chi connectivity index (χ0v) is 12.6. The summed E-state index contributed by atoms with van der Waals surface area (Å²) in [6.45, 7) is 1.05. The minimum atomic E-state index is -0.868. The van der Waals surface area contributed by atoms with Gasteiger partial charge in [-0.2, -0.15) is 0 Å². The largest absolute Gasteiger partial charge is 0.480 e. The minimum Gasteiger partial charge on any atom is -0.480 e. The molecule has 1 aromatic heterocycles. The smallest absolute Gasteiger partial charge is 0.325 e. The van der Waals surface area contributed by atoms with Gasteiger partial charge in [0, 0.05) is 23.0 Å². The molecule has 21 heavy (non-hydrogen) atoms. The average Bonchev–Trinajstić information content (AvgIpc) is 2.89. The molecule has 0 spiro atoms. The van der Waals surface area contributed by atoms with Crippen LogP contribution in [0.1, 0.15) is 22.0 Å². The van der Waals surface area contributed by atoms with Crippen LogP contribution in [-0.4, -0.2) is 22.5 Å². The molecule has 1 aliphatic rings. The number of benzene rings is 1. The second-order valence-electron chi connectivity index (χ2n) is 5.00. The highest BCUT2D eigenvalue weighted by atomic mass is 35.5. The molecule has 0 radical (unpaired) electrons. The van der Waals surface area contributed by atoms with Crippen molar-refractivity contribution in [3.05, 3.63) is 56.5 Å². The minimum absolute atomic E-state index is 0.329. The van der Waals surface area contributed by atoms with E-state index in [2.05, 4.69) is 0 Å². The summed E-state index contributed by atoms with van der Waals surface area (Å²) in [5, 5.41) is 11.8. The topological polar surface area (TPSA) is 40.5 Å². The van der Waals surface area contributed by atoms with E-state index >= 15 is 0 Å². The Bertz CT molecular complexity index is 688. The van der Waals surface area contributed by atoms with E-state index in [0.717, 1.165) is 22.4 Å². The third kappa shape index (κ3) is 2.81. The van der Waals surface area contributed by atoms with Crippen molar-refractivity contribution in [1.82, 2.24) is 4.90 Å². The molecular formula is C15H13ClFNO2S. The maximum absolute atomic E-state index is 13.1. The van der Waals surface area contributed by atoms with Gasteiger partial charge in [-0.3, -0.25) is 9.69 Å². The number of halogens is 2. The lowest BCUT2D eigenvalue weighted by molar-refractivity contribution is -0.144. The van der Waals surface area contributed by atoms with Gasteiger partial charge in [0.05, 0.1) is 0 Å². The molecule has 1 atom stereocenters. The van der Waals surface area contributed by atoms with Crippen LogP contribution in [0.4, 0.5) is 4.39 Å². The fraction of sp³-hybridized carbons (Fsp3) is 0.267. The summed E-state index contributed by atoms with van der Waals surface area (Å²) in [4.78, 5) is 14.6. The van der Waals surface area contributed by atoms with Crippen molar-refractivity contribution in [1.29, 1.82) is 0 Å². The molecular weight excluding hydrogens is 313 g/mol. The zero-order valence-electron chi connectivity index (χ0n) is 11.1. The molecule has 0 amide bonds. The molecule has 1 aliphatic heterocycles. The monoisotopic (exact) mass is 325 g/mol. The van der Waals surface area contributed by atoms with E-state index in [4.69, 9.17) is 11.6 Å². The van der Waals surface area contributed by atoms with Gasteiger partial charge in [0.15, 0.2) is 0 Å². The van der Waals surface area contributed by atoms with E-state index in [-0.39, 0.29) is 0 Å². The molecule has 110 valence electrons. The van der Waals surface area contributed by atoms with Gasteiger partial charge in [0.1, 0.15) is 11.9 Å². The molecule has 0 saturated carbocycles. The number of aliphatic carboxylic acids is 1. The highest BCUT2D eigenvalue weighted by molar-refractivity contribution is 7.10. The molecule has 3 rings (SSSR count). The Morgan fingerprint density at radius 3 is 3.00 bits per heavy atom. The lowest BCUT2D eigenvalue weighted by Gasteiger charge is -2.33. The standard InChI is InChI=1S/C15H13ClFNO2S/c16-12-7-10(17)2-1-9(12)8-18-5-3-13-11(4-6-21-13)14(18)15(19)20/h1-2,4,6-7,14H,3,5,8H2,(H,19,20). The Balaban J connectivity index is 1.90. The van der Waals surface area contributed by atoms with E-state index in [1.54, 1.807) is 17.4 Å². The summed E-state index contributed by atoms with van der Waals surface area (Å²) >= 11 is 7.64. The molecule has 0 bridgehead atoms. The van der Waals surface area contributed by atoms with Crippen LogP contribution in [0.15, 0.2) is 29.6 Å². The molecule has 2 aromatic rings. The Kier molecular flexibility index (Phi) is 3.97. The quantitative estimate of drug-likeness (QED) is 0.935. The van der Waals surface area contributed by atoms with Crippen LogP contribution in [0.25, 0.3) is 0 Å².